The Kier molecular flexibility index (Phi) is 5.01. The minimum Gasteiger partial charge on any atom is -0.477 e. The molecule has 0 saturated heterocycles. The van der Waals surface area contributed by atoms with E-state index in [1.54, 1.807) is 17.5 Å². The van der Waals surface area contributed by atoms with Gasteiger partial charge in [-0.2, -0.15) is 0 Å². The first-order valence-corrected chi connectivity index (χ1v) is 2.95. The van der Waals surface area contributed by atoms with E-state index >= 15 is 0 Å². The summed E-state index contributed by atoms with van der Waals surface area (Å²) in [5.41, 5.74) is 0. The minimum atomic E-state index is -0.847. The summed E-state index contributed by atoms with van der Waals surface area (Å²) in [6, 6.07) is 3.29. The van der Waals surface area contributed by atoms with E-state index in [9.17, 15) is 4.79 Å². The summed E-state index contributed by atoms with van der Waals surface area (Å²) in [6.45, 7) is 0. The van der Waals surface area contributed by atoms with Crippen molar-refractivity contribution >= 4 is 68.7 Å². The summed E-state index contributed by atoms with van der Waals surface area (Å²) in [5.74, 6) is -0.847. The van der Waals surface area contributed by atoms with Gasteiger partial charge in [-0.1, -0.05) is 6.07 Å². The van der Waals surface area contributed by atoms with Gasteiger partial charge in [-0.15, -0.1) is 11.3 Å². The Hall–Kier alpha value is 0.806. The Balaban J connectivity index is 0.000000640. The van der Waals surface area contributed by atoms with Crippen LogP contribution in [0.25, 0.3) is 0 Å². The molecule has 0 aliphatic heterocycles. The molecule has 0 aliphatic carbocycles. The van der Waals surface area contributed by atoms with Crippen LogP contribution >= 0.6 is 11.3 Å². The van der Waals surface area contributed by atoms with Crippen molar-refractivity contribution in [3.05, 3.63) is 22.4 Å². The number of hydrogen-bond donors (Lipinski definition) is 1. The number of hydrogen-bond acceptors (Lipinski definition) is 2. The fourth-order valence-electron chi connectivity index (χ4n) is 0.400. The fraction of sp³-hybridized carbons (Fsp3) is 0. The second-order valence-corrected chi connectivity index (χ2v) is 2.23. The number of rotatable bonds is 1. The number of aromatic carboxylic acids is 1. The van der Waals surface area contributed by atoms with Gasteiger partial charge in [-0.05, 0) is 11.4 Å². The van der Waals surface area contributed by atoms with Crippen molar-refractivity contribution in [3.8, 4) is 0 Å². The Morgan fingerprint density at radius 3 is 2.56 bits per heavy atom. The molecule has 4 heteroatoms. The first-order chi connectivity index (χ1) is 3.80. The molecule has 1 radical (unpaired) electrons. The molecule has 0 bridgehead atoms. The van der Waals surface area contributed by atoms with Crippen molar-refractivity contribution in [1.29, 1.82) is 0 Å². The van der Waals surface area contributed by atoms with Crippen LogP contribution in [0.1, 0.15) is 9.67 Å². The van der Waals surface area contributed by atoms with E-state index in [0.717, 1.165) is 0 Å². The Morgan fingerprint density at radius 1 is 1.67 bits per heavy atom. The van der Waals surface area contributed by atoms with Gasteiger partial charge in [0.2, 0.25) is 0 Å². The molecule has 1 aromatic heterocycles. The summed E-state index contributed by atoms with van der Waals surface area (Å²) >= 11 is 1.23. The molecule has 0 unspecified atom stereocenters. The standard InChI is InChI=1S/C5H4O2S.K/c6-5(7)4-2-1-3-8-4;/h1-3H,(H,6,7);. The molecule has 2 nitrogen and oxygen atoms in total. The zero-order chi connectivity index (χ0) is 5.98. The SMILES string of the molecule is O=C(O)c1cccs1.[K]. The molecule has 0 amide bonds. The van der Waals surface area contributed by atoms with E-state index in [-0.39, 0.29) is 51.4 Å². The summed E-state index contributed by atoms with van der Waals surface area (Å²) in [6.07, 6.45) is 0. The van der Waals surface area contributed by atoms with E-state index in [1.165, 1.54) is 11.3 Å². The quantitative estimate of drug-likeness (QED) is 0.635. The average Bonchev–Trinajstić information content (AvgIpc) is 2.12. The van der Waals surface area contributed by atoms with Crippen molar-refractivity contribution in [1.82, 2.24) is 0 Å². The normalized spacial score (nSPS) is 8.00. The summed E-state index contributed by atoms with van der Waals surface area (Å²) < 4.78 is 0. The number of thiophene rings is 1. The van der Waals surface area contributed by atoms with Gasteiger partial charge in [0.15, 0.2) is 0 Å². The van der Waals surface area contributed by atoms with Gasteiger partial charge >= 0.3 is 5.97 Å². The Morgan fingerprint density at radius 2 is 2.33 bits per heavy atom. The second-order valence-electron chi connectivity index (χ2n) is 1.28. The van der Waals surface area contributed by atoms with Crippen LogP contribution < -0.4 is 0 Å². The van der Waals surface area contributed by atoms with Crippen LogP contribution in [0.2, 0.25) is 0 Å². The summed E-state index contributed by atoms with van der Waals surface area (Å²) in [7, 11) is 0. The molecular formula is C5H4KO2S. The first-order valence-electron chi connectivity index (χ1n) is 2.07. The van der Waals surface area contributed by atoms with Gasteiger partial charge in [-0.25, -0.2) is 4.79 Å². The smallest absolute Gasteiger partial charge is 0.345 e. The van der Waals surface area contributed by atoms with E-state index in [2.05, 4.69) is 0 Å². The molecule has 0 aromatic carbocycles. The average molecular weight is 167 g/mol. The minimum absolute atomic E-state index is 0. The molecule has 0 atom stereocenters. The molecule has 9 heavy (non-hydrogen) atoms. The molecule has 0 saturated carbocycles. The molecule has 0 fully saturated rings. The zero-order valence-electron chi connectivity index (χ0n) is 5.00. The van der Waals surface area contributed by atoms with Gasteiger partial charge in [-0.3, -0.25) is 0 Å². The summed E-state index contributed by atoms with van der Waals surface area (Å²) in [4.78, 5) is 10.5. The maximum atomic E-state index is 10.1. The Bertz CT molecular complexity index is 183. The molecule has 1 heterocycles. The van der Waals surface area contributed by atoms with E-state index in [1.807, 2.05) is 0 Å². The second kappa shape index (κ2) is 4.60. The molecule has 0 spiro atoms. The monoisotopic (exact) mass is 167 g/mol. The third-order valence-electron chi connectivity index (χ3n) is 0.732. The number of carboxylic acid groups (broad SMARTS) is 1. The molecule has 1 aromatic rings. The number of carboxylic acids is 1. The van der Waals surface area contributed by atoms with Crippen molar-refractivity contribution < 1.29 is 9.90 Å². The third kappa shape index (κ3) is 2.93. The van der Waals surface area contributed by atoms with E-state index in [0.29, 0.717) is 4.88 Å². The third-order valence-corrected chi connectivity index (χ3v) is 1.59. The van der Waals surface area contributed by atoms with Crippen LogP contribution in [0, 0.1) is 0 Å². The van der Waals surface area contributed by atoms with Gasteiger partial charge < -0.3 is 5.11 Å². The largest absolute Gasteiger partial charge is 0.477 e. The van der Waals surface area contributed by atoms with Crippen LogP contribution in [0.4, 0.5) is 0 Å². The Labute approximate surface area is 99.3 Å². The van der Waals surface area contributed by atoms with Crippen LogP contribution in [0.15, 0.2) is 17.5 Å². The van der Waals surface area contributed by atoms with Gasteiger partial charge in [0.1, 0.15) is 4.88 Å². The van der Waals surface area contributed by atoms with Crippen molar-refractivity contribution in [2.24, 2.45) is 0 Å². The van der Waals surface area contributed by atoms with Crippen LogP contribution in [0.5, 0.6) is 0 Å². The fourth-order valence-corrected chi connectivity index (χ4v) is 0.962. The first kappa shape index (κ1) is 9.81. The molecule has 1 N–H and O–H groups in total. The predicted octanol–water partition coefficient (Wildman–Crippen LogP) is 1.07. The van der Waals surface area contributed by atoms with Crippen LogP contribution in [-0.4, -0.2) is 62.5 Å². The van der Waals surface area contributed by atoms with E-state index < -0.39 is 5.97 Å². The zero-order valence-corrected chi connectivity index (χ0v) is 8.94. The van der Waals surface area contributed by atoms with Crippen molar-refractivity contribution in [2.45, 2.75) is 0 Å². The van der Waals surface area contributed by atoms with Crippen LogP contribution in [0.3, 0.4) is 0 Å². The van der Waals surface area contributed by atoms with Gasteiger partial charge in [0.05, 0.1) is 0 Å². The topological polar surface area (TPSA) is 37.3 Å². The molecule has 1 rings (SSSR count). The maximum absolute atomic E-state index is 10.1. The summed E-state index contributed by atoms with van der Waals surface area (Å²) in [5, 5.41) is 10.0. The molecular weight excluding hydrogens is 163 g/mol. The van der Waals surface area contributed by atoms with Gasteiger partial charge in [0, 0.05) is 51.4 Å². The van der Waals surface area contributed by atoms with Crippen molar-refractivity contribution in [3.63, 3.8) is 0 Å². The molecule has 0 aliphatic rings. The van der Waals surface area contributed by atoms with Crippen molar-refractivity contribution in [2.75, 3.05) is 0 Å². The van der Waals surface area contributed by atoms with Crippen LogP contribution in [-0.2, 0) is 0 Å². The number of carbonyl (C=O) groups is 1. The molecule has 43 valence electrons. The van der Waals surface area contributed by atoms with Gasteiger partial charge in [0.25, 0.3) is 0 Å². The maximum Gasteiger partial charge on any atom is 0.345 e. The predicted molar refractivity (Wildman–Crippen MR) is 37.0 cm³/mol. The van der Waals surface area contributed by atoms with E-state index in [4.69, 9.17) is 5.11 Å².